The Morgan fingerprint density at radius 2 is 1.46 bits per heavy atom. The molecule has 0 aliphatic heterocycles. The van der Waals surface area contributed by atoms with Crippen molar-refractivity contribution in [3.8, 4) is 0 Å². The number of carbonyl (C=O) groups excluding carboxylic acids is 1. The summed E-state index contributed by atoms with van der Waals surface area (Å²) in [5.41, 5.74) is 2.41. The molecule has 4 rings (SSSR count). The first-order valence-electron chi connectivity index (χ1n) is 22.7. The molecule has 0 aromatic rings. The average molecular weight is 715 g/mol. The molecule has 0 aromatic carbocycles. The molecule has 0 heterocycles. The standard InChI is InChI=1S/C50H82O2/c1-8-10-11-12-13-14-15-16-17-18-19-20-21-22-23-24-25-26-27-48(51)52-43-34-36-49(6)42(38-43)30-31-44-46-33-32-45(50(46,7)37-35-47(44)49)40(5)28-29-41(9-2)39(3)4/h15-20,28-30,39-41,43-47H,8-14,21-27,31-38H2,1-7H3/b16-15+,18-17+,20-19+,29-28+. The third kappa shape index (κ3) is 11.8. The molecule has 52 heavy (non-hydrogen) atoms. The van der Waals surface area contributed by atoms with E-state index in [-0.39, 0.29) is 12.1 Å². The third-order valence-electron chi connectivity index (χ3n) is 14.9. The number of carbonyl (C=O) groups is 1. The van der Waals surface area contributed by atoms with E-state index in [0.717, 1.165) is 61.7 Å². The number of allylic oxidation sites excluding steroid dienone is 9. The minimum Gasteiger partial charge on any atom is -0.462 e. The molecule has 3 fully saturated rings. The maximum absolute atomic E-state index is 12.9. The number of ether oxygens (including phenoxy) is 1. The van der Waals surface area contributed by atoms with E-state index < -0.39 is 0 Å². The smallest absolute Gasteiger partial charge is 0.306 e. The Kier molecular flexibility index (Phi) is 18.1. The van der Waals surface area contributed by atoms with Gasteiger partial charge in [0.25, 0.3) is 0 Å². The van der Waals surface area contributed by atoms with Gasteiger partial charge in [-0.3, -0.25) is 4.79 Å². The van der Waals surface area contributed by atoms with Gasteiger partial charge in [-0.2, -0.15) is 0 Å². The Hall–Kier alpha value is -1.83. The minimum atomic E-state index is 0.0374. The molecule has 0 saturated heterocycles. The maximum Gasteiger partial charge on any atom is 0.306 e. The van der Waals surface area contributed by atoms with Gasteiger partial charge in [0, 0.05) is 12.8 Å². The fourth-order valence-corrected chi connectivity index (χ4v) is 11.6. The van der Waals surface area contributed by atoms with Crippen LogP contribution >= 0.6 is 0 Å². The van der Waals surface area contributed by atoms with E-state index in [1.807, 2.05) is 0 Å². The lowest BCUT2D eigenvalue weighted by molar-refractivity contribution is -0.151. The topological polar surface area (TPSA) is 26.3 Å². The number of hydrogen-bond donors (Lipinski definition) is 0. The van der Waals surface area contributed by atoms with E-state index in [9.17, 15) is 4.79 Å². The zero-order valence-electron chi connectivity index (χ0n) is 35.2. The Labute approximate surface area is 322 Å². The highest BCUT2D eigenvalue weighted by Gasteiger charge is 2.59. The van der Waals surface area contributed by atoms with E-state index in [1.165, 1.54) is 103 Å². The minimum absolute atomic E-state index is 0.0374. The Morgan fingerprint density at radius 3 is 2.13 bits per heavy atom. The van der Waals surface area contributed by atoms with Crippen molar-refractivity contribution in [3.63, 3.8) is 0 Å². The summed E-state index contributed by atoms with van der Waals surface area (Å²) in [5.74, 6) is 5.49. The monoisotopic (exact) mass is 715 g/mol. The Morgan fingerprint density at radius 1 is 0.788 bits per heavy atom. The van der Waals surface area contributed by atoms with Crippen molar-refractivity contribution in [2.75, 3.05) is 0 Å². The lowest BCUT2D eigenvalue weighted by Crippen LogP contribution is -2.51. The summed E-state index contributed by atoms with van der Waals surface area (Å²) in [4.78, 5) is 12.9. The van der Waals surface area contributed by atoms with Gasteiger partial charge in [0.05, 0.1) is 0 Å². The molecule has 3 saturated carbocycles. The van der Waals surface area contributed by atoms with Gasteiger partial charge in [-0.25, -0.2) is 0 Å². The molecule has 0 aromatic heterocycles. The van der Waals surface area contributed by atoms with Crippen molar-refractivity contribution in [3.05, 3.63) is 60.3 Å². The SMILES string of the molecule is CCCCCCC/C=C/C=C/C=C/CCCCCCCC(=O)OC1CCC2(C)C(=CCC3C2CCC2(C)C(C(C)/C=C/C(CC)C(C)C)CCC32)C1. The molecule has 0 N–H and O–H groups in total. The van der Waals surface area contributed by atoms with Gasteiger partial charge in [0.2, 0.25) is 0 Å². The molecule has 9 unspecified atom stereocenters. The number of unbranched alkanes of at least 4 members (excludes halogenated alkanes) is 10. The van der Waals surface area contributed by atoms with E-state index in [4.69, 9.17) is 4.74 Å². The van der Waals surface area contributed by atoms with Crippen molar-refractivity contribution in [1.82, 2.24) is 0 Å². The van der Waals surface area contributed by atoms with Crippen LogP contribution in [0.3, 0.4) is 0 Å². The molecule has 0 spiro atoms. The highest BCUT2D eigenvalue weighted by Crippen LogP contribution is 2.67. The zero-order valence-corrected chi connectivity index (χ0v) is 35.2. The molecule has 294 valence electrons. The van der Waals surface area contributed by atoms with Crippen LogP contribution in [0.5, 0.6) is 0 Å². The summed E-state index contributed by atoms with van der Waals surface area (Å²) in [6.45, 7) is 17.2. The fraction of sp³-hybridized carbons (Fsp3) is 0.780. The van der Waals surface area contributed by atoms with Gasteiger partial charge in [0.15, 0.2) is 0 Å². The highest BCUT2D eigenvalue weighted by molar-refractivity contribution is 5.69. The second-order valence-electron chi connectivity index (χ2n) is 18.7. The predicted octanol–water partition coefficient (Wildman–Crippen LogP) is 15.1. The molecule has 0 radical (unpaired) electrons. The van der Waals surface area contributed by atoms with Crippen molar-refractivity contribution >= 4 is 5.97 Å². The Balaban J connectivity index is 1.12. The Bertz CT molecular complexity index is 1200. The molecule has 0 bridgehead atoms. The lowest BCUT2D eigenvalue weighted by atomic mass is 9.47. The summed E-state index contributed by atoms with van der Waals surface area (Å²) in [5, 5.41) is 0. The van der Waals surface area contributed by atoms with Crippen LogP contribution in [0.15, 0.2) is 60.3 Å². The summed E-state index contributed by atoms with van der Waals surface area (Å²) >= 11 is 0. The lowest BCUT2D eigenvalue weighted by Gasteiger charge is -2.58. The number of hydrogen-bond acceptors (Lipinski definition) is 2. The van der Waals surface area contributed by atoms with E-state index in [1.54, 1.807) is 5.57 Å². The first-order chi connectivity index (χ1) is 25.1. The van der Waals surface area contributed by atoms with E-state index in [0.29, 0.717) is 29.1 Å². The number of fused-ring (bicyclic) bond motifs is 5. The highest BCUT2D eigenvalue weighted by atomic mass is 16.5. The molecule has 2 heteroatoms. The van der Waals surface area contributed by atoms with Crippen LogP contribution in [0.2, 0.25) is 0 Å². The largest absolute Gasteiger partial charge is 0.462 e. The maximum atomic E-state index is 12.9. The summed E-state index contributed by atoms with van der Waals surface area (Å²) in [6.07, 6.45) is 47.9. The average Bonchev–Trinajstić information content (AvgIpc) is 3.48. The molecular weight excluding hydrogens is 633 g/mol. The van der Waals surface area contributed by atoms with Gasteiger partial charge in [0.1, 0.15) is 6.10 Å². The quantitative estimate of drug-likeness (QED) is 0.0483. The molecule has 4 aliphatic carbocycles. The predicted molar refractivity (Wildman–Crippen MR) is 225 cm³/mol. The molecular formula is C50H82O2. The van der Waals surface area contributed by atoms with Crippen LogP contribution in [0.25, 0.3) is 0 Å². The summed E-state index contributed by atoms with van der Waals surface area (Å²) in [7, 11) is 0. The molecule has 0 amide bonds. The second-order valence-corrected chi connectivity index (χ2v) is 18.7. The second kappa shape index (κ2) is 21.9. The van der Waals surface area contributed by atoms with E-state index in [2.05, 4.69) is 103 Å². The van der Waals surface area contributed by atoms with Crippen LogP contribution in [0.1, 0.15) is 190 Å². The van der Waals surface area contributed by atoms with Gasteiger partial charge in [-0.1, -0.05) is 154 Å². The first kappa shape index (κ1) is 42.9. The number of esters is 1. The van der Waals surface area contributed by atoms with Crippen LogP contribution in [-0.4, -0.2) is 12.1 Å². The van der Waals surface area contributed by atoms with Gasteiger partial charge >= 0.3 is 5.97 Å². The van der Waals surface area contributed by atoms with Crippen LogP contribution in [0.4, 0.5) is 0 Å². The van der Waals surface area contributed by atoms with Crippen molar-refractivity contribution < 1.29 is 9.53 Å². The van der Waals surface area contributed by atoms with Crippen molar-refractivity contribution in [2.24, 2.45) is 52.3 Å². The van der Waals surface area contributed by atoms with Gasteiger partial charge in [-0.15, -0.1) is 0 Å². The van der Waals surface area contributed by atoms with Crippen molar-refractivity contribution in [1.29, 1.82) is 0 Å². The fourth-order valence-electron chi connectivity index (χ4n) is 11.6. The summed E-state index contributed by atoms with van der Waals surface area (Å²) in [6, 6.07) is 0. The third-order valence-corrected chi connectivity index (χ3v) is 14.9. The normalized spacial score (nSPS) is 31.7. The van der Waals surface area contributed by atoms with Crippen LogP contribution in [-0.2, 0) is 9.53 Å². The summed E-state index contributed by atoms with van der Waals surface area (Å²) < 4.78 is 6.14. The number of rotatable bonds is 22. The van der Waals surface area contributed by atoms with E-state index >= 15 is 0 Å². The molecule has 2 nitrogen and oxygen atoms in total. The van der Waals surface area contributed by atoms with Crippen LogP contribution < -0.4 is 0 Å². The zero-order chi connectivity index (χ0) is 37.4. The first-order valence-corrected chi connectivity index (χ1v) is 22.7. The molecule has 4 aliphatic rings. The molecule has 9 atom stereocenters. The van der Waals surface area contributed by atoms with Crippen molar-refractivity contribution in [2.45, 2.75) is 196 Å². The van der Waals surface area contributed by atoms with Gasteiger partial charge < -0.3 is 4.74 Å². The van der Waals surface area contributed by atoms with Crippen LogP contribution in [0, 0.1) is 52.3 Å². The van der Waals surface area contributed by atoms with Gasteiger partial charge in [-0.05, 0) is 136 Å².